The third-order valence-corrected chi connectivity index (χ3v) is 5.21. The Morgan fingerprint density at radius 3 is 3.00 bits per heavy atom. The number of aromatic nitrogens is 3. The topological polar surface area (TPSA) is 39.9 Å². The fourth-order valence-corrected chi connectivity index (χ4v) is 4.36. The van der Waals surface area contributed by atoms with E-state index < -0.39 is 0 Å². The molecule has 2 fully saturated rings. The third-order valence-electron chi connectivity index (χ3n) is 3.73. The molecule has 0 bridgehead atoms. The highest BCUT2D eigenvalue weighted by Crippen LogP contribution is 2.41. The van der Waals surface area contributed by atoms with Crippen molar-refractivity contribution in [1.82, 2.24) is 14.8 Å². The summed E-state index contributed by atoms with van der Waals surface area (Å²) in [5.41, 5.74) is 0.131. The first-order chi connectivity index (χ1) is 8.27. The molecule has 0 radical (unpaired) electrons. The van der Waals surface area contributed by atoms with Gasteiger partial charge in [-0.2, -0.15) is 11.8 Å². The smallest absolute Gasteiger partial charge is 0.211 e. The highest BCUT2D eigenvalue weighted by Gasteiger charge is 2.39. The molecule has 2 aliphatic rings. The summed E-state index contributed by atoms with van der Waals surface area (Å²) in [6.07, 6.45) is 6.42. The van der Waals surface area contributed by atoms with Crippen LogP contribution in [0.2, 0.25) is 0 Å². The first kappa shape index (κ1) is 12.2. The van der Waals surface area contributed by atoms with Gasteiger partial charge in [-0.3, -0.25) is 0 Å². The number of nitrogens with zero attached hydrogens (tertiary/aromatic N) is 3. The second-order valence-electron chi connectivity index (χ2n) is 4.78. The Hall–Kier alpha value is 0.180. The maximum Gasteiger partial charge on any atom is 0.211 e. The van der Waals surface area contributed by atoms with Gasteiger partial charge in [-0.25, -0.2) is 9.67 Å². The highest BCUT2D eigenvalue weighted by atomic mass is 127. The van der Waals surface area contributed by atoms with Gasteiger partial charge in [0, 0.05) is 29.2 Å². The molecule has 17 heavy (non-hydrogen) atoms. The van der Waals surface area contributed by atoms with Crippen molar-refractivity contribution in [3.8, 4) is 0 Å². The van der Waals surface area contributed by atoms with E-state index in [4.69, 9.17) is 4.74 Å². The van der Waals surface area contributed by atoms with Gasteiger partial charge in [0.05, 0.1) is 11.6 Å². The number of halogens is 1. The average molecular weight is 365 g/mol. The Morgan fingerprint density at radius 1 is 1.47 bits per heavy atom. The summed E-state index contributed by atoms with van der Waals surface area (Å²) in [5.74, 6) is 2.48. The molecule has 1 aromatic heterocycles. The van der Waals surface area contributed by atoms with Crippen molar-refractivity contribution in [3.05, 3.63) is 10.2 Å². The summed E-state index contributed by atoms with van der Waals surface area (Å²) in [6, 6.07) is 0.475. The fraction of sp³-hybridized carbons (Fsp3) is 0.818. The van der Waals surface area contributed by atoms with Crippen molar-refractivity contribution >= 4 is 34.4 Å². The third kappa shape index (κ3) is 2.63. The molecule has 3 rings (SSSR count). The number of hydrogen-bond donors (Lipinski definition) is 0. The lowest BCUT2D eigenvalue weighted by molar-refractivity contribution is -0.100. The van der Waals surface area contributed by atoms with Crippen LogP contribution in [0.15, 0.2) is 6.33 Å². The summed E-state index contributed by atoms with van der Waals surface area (Å²) in [4.78, 5) is 4.22. The van der Waals surface area contributed by atoms with Gasteiger partial charge in [-0.15, -0.1) is 5.10 Å². The predicted octanol–water partition coefficient (Wildman–Crippen LogP) is 2.50. The van der Waals surface area contributed by atoms with Gasteiger partial charge in [0.2, 0.25) is 3.83 Å². The van der Waals surface area contributed by atoms with Crippen LogP contribution in [0.25, 0.3) is 0 Å². The zero-order valence-corrected chi connectivity index (χ0v) is 12.6. The van der Waals surface area contributed by atoms with E-state index in [-0.39, 0.29) is 5.60 Å². The van der Waals surface area contributed by atoms with Gasteiger partial charge in [-0.1, -0.05) is 0 Å². The van der Waals surface area contributed by atoms with Gasteiger partial charge in [0.25, 0.3) is 0 Å². The SMILES string of the molecule is Ic1ncn(C2CCOC3(CCSCC3)C2)n1. The van der Waals surface area contributed by atoms with Crippen LogP contribution in [0.5, 0.6) is 0 Å². The van der Waals surface area contributed by atoms with Crippen molar-refractivity contribution < 1.29 is 4.74 Å². The summed E-state index contributed by atoms with van der Waals surface area (Å²) >= 11 is 4.21. The molecule has 0 N–H and O–H groups in total. The van der Waals surface area contributed by atoms with Gasteiger partial charge in [-0.05, 0) is 37.2 Å². The molecule has 0 saturated carbocycles. The van der Waals surface area contributed by atoms with Crippen LogP contribution in [0.4, 0.5) is 0 Å². The lowest BCUT2D eigenvalue weighted by atomic mass is 9.85. The van der Waals surface area contributed by atoms with E-state index >= 15 is 0 Å². The van der Waals surface area contributed by atoms with E-state index in [0.717, 1.165) is 23.3 Å². The van der Waals surface area contributed by atoms with Crippen molar-refractivity contribution in [2.24, 2.45) is 0 Å². The normalized spacial score (nSPS) is 28.4. The fourth-order valence-electron chi connectivity index (χ4n) is 2.75. The molecule has 94 valence electrons. The molecule has 3 heterocycles. The molecule has 0 aliphatic carbocycles. The Kier molecular flexibility index (Phi) is 3.63. The largest absolute Gasteiger partial charge is 0.375 e. The summed E-state index contributed by atoms with van der Waals surface area (Å²) in [6.45, 7) is 0.867. The minimum atomic E-state index is 0.131. The maximum atomic E-state index is 6.09. The van der Waals surface area contributed by atoms with Crippen LogP contribution >= 0.6 is 34.4 Å². The van der Waals surface area contributed by atoms with E-state index in [1.165, 1.54) is 24.3 Å². The van der Waals surface area contributed by atoms with Crippen LogP contribution in [-0.2, 0) is 4.74 Å². The van der Waals surface area contributed by atoms with Crippen LogP contribution in [0, 0.1) is 3.83 Å². The van der Waals surface area contributed by atoms with Gasteiger partial charge >= 0.3 is 0 Å². The molecule has 2 aliphatic heterocycles. The van der Waals surface area contributed by atoms with Crippen molar-refractivity contribution in [1.29, 1.82) is 0 Å². The number of ether oxygens (including phenoxy) is 1. The summed E-state index contributed by atoms with van der Waals surface area (Å²) in [7, 11) is 0. The van der Waals surface area contributed by atoms with Crippen LogP contribution < -0.4 is 0 Å². The maximum absolute atomic E-state index is 6.09. The van der Waals surface area contributed by atoms with Crippen LogP contribution in [0.3, 0.4) is 0 Å². The molecule has 1 aromatic rings. The summed E-state index contributed by atoms with van der Waals surface area (Å²) < 4.78 is 8.96. The van der Waals surface area contributed by atoms with Crippen molar-refractivity contribution in [2.45, 2.75) is 37.3 Å². The molecule has 0 aromatic carbocycles. The molecular formula is C11H16IN3OS. The van der Waals surface area contributed by atoms with Crippen molar-refractivity contribution in [3.63, 3.8) is 0 Å². The highest BCUT2D eigenvalue weighted by molar-refractivity contribution is 14.1. The van der Waals surface area contributed by atoms with Crippen LogP contribution in [-0.4, -0.2) is 38.5 Å². The molecule has 1 spiro atoms. The van der Waals surface area contributed by atoms with Gasteiger partial charge in [0.1, 0.15) is 6.33 Å². The summed E-state index contributed by atoms with van der Waals surface area (Å²) in [5, 5.41) is 4.44. The minimum absolute atomic E-state index is 0.131. The van der Waals surface area contributed by atoms with E-state index in [2.05, 4.69) is 32.7 Å². The Bertz CT molecular complexity index is 386. The Labute approximate surface area is 119 Å². The molecule has 0 amide bonds. The molecular weight excluding hydrogens is 349 g/mol. The molecule has 1 atom stereocenters. The van der Waals surface area contributed by atoms with Crippen molar-refractivity contribution in [2.75, 3.05) is 18.1 Å². The first-order valence-corrected chi connectivity index (χ1v) is 8.29. The van der Waals surface area contributed by atoms with Gasteiger partial charge < -0.3 is 4.74 Å². The number of thioether (sulfide) groups is 1. The standard InChI is InChI=1S/C11H16IN3OS/c12-10-13-8-15(14-10)9-1-4-16-11(7-9)2-5-17-6-3-11/h8-9H,1-7H2. The quantitative estimate of drug-likeness (QED) is 0.717. The van der Waals surface area contributed by atoms with Crippen LogP contribution in [0.1, 0.15) is 31.7 Å². The number of rotatable bonds is 1. The first-order valence-electron chi connectivity index (χ1n) is 6.06. The molecule has 4 nitrogen and oxygen atoms in total. The number of hydrogen-bond acceptors (Lipinski definition) is 4. The molecule has 2 saturated heterocycles. The van der Waals surface area contributed by atoms with E-state index in [9.17, 15) is 0 Å². The second-order valence-corrected chi connectivity index (χ2v) is 6.97. The second kappa shape index (κ2) is 5.05. The monoisotopic (exact) mass is 365 g/mol. The van der Waals surface area contributed by atoms with E-state index in [1.807, 2.05) is 22.8 Å². The zero-order valence-electron chi connectivity index (χ0n) is 9.64. The lowest BCUT2D eigenvalue weighted by Gasteiger charge is -2.43. The molecule has 6 heteroatoms. The molecule has 1 unspecified atom stereocenters. The minimum Gasteiger partial charge on any atom is -0.375 e. The van der Waals surface area contributed by atoms with E-state index in [0.29, 0.717) is 6.04 Å². The average Bonchev–Trinajstić information content (AvgIpc) is 2.77. The Balaban J connectivity index is 1.74. The lowest BCUT2D eigenvalue weighted by Crippen LogP contribution is -2.43. The Morgan fingerprint density at radius 2 is 2.29 bits per heavy atom. The van der Waals surface area contributed by atoms with Gasteiger partial charge in [0.15, 0.2) is 0 Å². The zero-order chi connectivity index (χ0) is 11.7. The predicted molar refractivity (Wildman–Crippen MR) is 76.3 cm³/mol. The van der Waals surface area contributed by atoms with E-state index in [1.54, 1.807) is 0 Å².